The van der Waals surface area contributed by atoms with Crippen LogP contribution in [0, 0.1) is 5.41 Å². The Labute approximate surface area is 123 Å². The lowest BCUT2D eigenvalue weighted by molar-refractivity contribution is -0.147. The summed E-state index contributed by atoms with van der Waals surface area (Å²) in [6.07, 6.45) is 7.00. The zero-order chi connectivity index (χ0) is 14.6. The molecule has 20 heavy (non-hydrogen) atoms. The van der Waals surface area contributed by atoms with Crippen LogP contribution in [0.15, 0.2) is 0 Å². The van der Waals surface area contributed by atoms with Gasteiger partial charge < -0.3 is 10.0 Å². The van der Waals surface area contributed by atoms with Gasteiger partial charge in [-0.25, -0.2) is 0 Å². The van der Waals surface area contributed by atoms with Crippen molar-refractivity contribution < 1.29 is 9.90 Å². The van der Waals surface area contributed by atoms with E-state index in [1.807, 2.05) is 13.8 Å². The molecule has 0 amide bonds. The third kappa shape index (κ3) is 4.19. The lowest BCUT2D eigenvalue weighted by Crippen LogP contribution is -2.35. The van der Waals surface area contributed by atoms with Crippen LogP contribution in [0.1, 0.15) is 52.4 Å². The molecule has 2 fully saturated rings. The van der Waals surface area contributed by atoms with Gasteiger partial charge in [-0.15, -0.1) is 0 Å². The van der Waals surface area contributed by atoms with Crippen LogP contribution in [0.5, 0.6) is 0 Å². The average molecular weight is 282 g/mol. The molecule has 0 spiro atoms. The second kappa shape index (κ2) is 6.90. The first-order valence-corrected chi connectivity index (χ1v) is 8.19. The minimum Gasteiger partial charge on any atom is -0.481 e. The van der Waals surface area contributed by atoms with Gasteiger partial charge in [0.25, 0.3) is 0 Å². The van der Waals surface area contributed by atoms with Gasteiger partial charge in [0.15, 0.2) is 0 Å². The van der Waals surface area contributed by atoms with Crippen LogP contribution in [-0.2, 0) is 4.79 Å². The minimum atomic E-state index is -0.673. The first-order valence-electron chi connectivity index (χ1n) is 8.19. The Kier molecular flexibility index (Phi) is 5.44. The highest BCUT2D eigenvalue weighted by atomic mass is 16.4. The quantitative estimate of drug-likeness (QED) is 0.728. The molecule has 2 aliphatic rings. The fraction of sp³-hybridized carbons (Fsp3) is 0.938. The van der Waals surface area contributed by atoms with Crippen LogP contribution in [0.4, 0.5) is 0 Å². The van der Waals surface area contributed by atoms with E-state index in [2.05, 4.69) is 9.80 Å². The highest BCUT2D eigenvalue weighted by Crippen LogP contribution is 2.24. The van der Waals surface area contributed by atoms with Gasteiger partial charge in [-0.1, -0.05) is 6.42 Å². The Morgan fingerprint density at radius 1 is 1.20 bits per heavy atom. The number of hydrogen-bond donors (Lipinski definition) is 1. The van der Waals surface area contributed by atoms with Crippen molar-refractivity contribution in [3.8, 4) is 0 Å². The maximum absolute atomic E-state index is 11.0. The largest absolute Gasteiger partial charge is 0.481 e. The normalized spacial score (nSPS) is 25.4. The average Bonchev–Trinajstić information content (AvgIpc) is 3.05. The van der Waals surface area contributed by atoms with Crippen molar-refractivity contribution >= 4 is 5.97 Å². The fourth-order valence-electron chi connectivity index (χ4n) is 3.43. The molecule has 0 aromatic heterocycles. The van der Waals surface area contributed by atoms with E-state index in [0.717, 1.165) is 31.8 Å². The number of aliphatic carboxylic acids is 1. The number of rotatable bonds is 7. The zero-order valence-electron chi connectivity index (χ0n) is 13.1. The van der Waals surface area contributed by atoms with Crippen LogP contribution in [0.2, 0.25) is 0 Å². The van der Waals surface area contributed by atoms with Crippen molar-refractivity contribution in [3.05, 3.63) is 0 Å². The van der Waals surface area contributed by atoms with E-state index in [1.54, 1.807) is 0 Å². The van der Waals surface area contributed by atoms with Crippen molar-refractivity contribution in [3.63, 3.8) is 0 Å². The molecule has 1 atom stereocenters. The molecular formula is C16H30N2O2. The van der Waals surface area contributed by atoms with Gasteiger partial charge in [0.2, 0.25) is 0 Å². The first kappa shape index (κ1) is 15.8. The summed E-state index contributed by atoms with van der Waals surface area (Å²) in [5.74, 6) is -0.673. The van der Waals surface area contributed by atoms with Crippen molar-refractivity contribution in [1.82, 2.24) is 9.80 Å². The number of nitrogens with zero attached hydrogens (tertiary/aromatic N) is 2. The van der Waals surface area contributed by atoms with Gasteiger partial charge in [-0.3, -0.25) is 9.69 Å². The Morgan fingerprint density at radius 2 is 1.90 bits per heavy atom. The van der Waals surface area contributed by atoms with E-state index >= 15 is 0 Å². The Bertz CT molecular complexity index is 324. The minimum absolute atomic E-state index is 0.566. The molecule has 0 radical (unpaired) electrons. The number of carboxylic acids is 1. The zero-order valence-corrected chi connectivity index (χ0v) is 13.1. The van der Waals surface area contributed by atoms with Gasteiger partial charge in [-0.2, -0.15) is 0 Å². The molecule has 0 aliphatic carbocycles. The van der Waals surface area contributed by atoms with Crippen molar-refractivity contribution in [2.24, 2.45) is 5.41 Å². The van der Waals surface area contributed by atoms with Gasteiger partial charge in [0.05, 0.1) is 5.41 Å². The standard InChI is InChI=1S/C16H30N2O2/c1-16(2,15(19)20)8-3-4-9-17-12-7-14(13-17)18-10-5-6-11-18/h14H,3-13H2,1-2H3,(H,19,20). The number of carbonyl (C=O) groups is 1. The van der Waals surface area contributed by atoms with Crippen molar-refractivity contribution in [1.29, 1.82) is 0 Å². The lowest BCUT2D eigenvalue weighted by Gasteiger charge is -2.24. The van der Waals surface area contributed by atoms with E-state index in [0.29, 0.717) is 0 Å². The topological polar surface area (TPSA) is 43.8 Å². The third-order valence-electron chi connectivity index (χ3n) is 5.01. The van der Waals surface area contributed by atoms with E-state index in [1.165, 1.54) is 45.4 Å². The summed E-state index contributed by atoms with van der Waals surface area (Å²) in [7, 11) is 0. The summed E-state index contributed by atoms with van der Waals surface area (Å²) in [6, 6.07) is 0.785. The molecule has 1 N–H and O–H groups in total. The van der Waals surface area contributed by atoms with Crippen LogP contribution >= 0.6 is 0 Å². The first-order chi connectivity index (χ1) is 9.49. The summed E-state index contributed by atoms with van der Waals surface area (Å²) in [4.78, 5) is 16.3. The molecule has 0 saturated carbocycles. The highest BCUT2D eigenvalue weighted by molar-refractivity contribution is 5.73. The molecule has 0 aromatic carbocycles. The van der Waals surface area contributed by atoms with Crippen LogP contribution in [-0.4, -0.2) is 59.6 Å². The summed E-state index contributed by atoms with van der Waals surface area (Å²) in [5, 5.41) is 9.09. The maximum Gasteiger partial charge on any atom is 0.309 e. The van der Waals surface area contributed by atoms with Gasteiger partial charge in [0.1, 0.15) is 0 Å². The second-order valence-electron chi connectivity index (χ2n) is 7.13. The van der Waals surface area contributed by atoms with Crippen molar-refractivity contribution in [2.45, 2.75) is 58.4 Å². The molecular weight excluding hydrogens is 252 g/mol. The van der Waals surface area contributed by atoms with E-state index in [-0.39, 0.29) is 0 Å². The molecule has 1 unspecified atom stereocenters. The third-order valence-corrected chi connectivity index (χ3v) is 5.01. The summed E-state index contributed by atoms with van der Waals surface area (Å²) >= 11 is 0. The molecule has 2 heterocycles. The summed E-state index contributed by atoms with van der Waals surface area (Å²) in [6.45, 7) is 9.84. The Balaban J connectivity index is 1.60. The van der Waals surface area contributed by atoms with Crippen LogP contribution < -0.4 is 0 Å². The van der Waals surface area contributed by atoms with Crippen molar-refractivity contribution in [2.75, 3.05) is 32.7 Å². The van der Waals surface area contributed by atoms with E-state index in [4.69, 9.17) is 5.11 Å². The highest BCUT2D eigenvalue weighted by Gasteiger charge is 2.29. The predicted molar refractivity (Wildman–Crippen MR) is 80.9 cm³/mol. The Morgan fingerprint density at radius 3 is 2.55 bits per heavy atom. The smallest absolute Gasteiger partial charge is 0.309 e. The molecule has 116 valence electrons. The number of likely N-dealkylation sites (tertiary alicyclic amines) is 2. The SMILES string of the molecule is CC(C)(CCCCN1CCC(N2CCCC2)C1)C(=O)O. The molecule has 2 aliphatic heterocycles. The van der Waals surface area contributed by atoms with E-state index in [9.17, 15) is 4.79 Å². The molecule has 2 saturated heterocycles. The summed E-state index contributed by atoms with van der Waals surface area (Å²) < 4.78 is 0. The van der Waals surface area contributed by atoms with Gasteiger partial charge in [0, 0.05) is 12.6 Å². The number of carboxylic acid groups (broad SMARTS) is 1. The van der Waals surface area contributed by atoms with Crippen LogP contribution in [0.3, 0.4) is 0 Å². The summed E-state index contributed by atoms with van der Waals surface area (Å²) in [5.41, 5.74) is -0.566. The monoisotopic (exact) mass is 282 g/mol. The van der Waals surface area contributed by atoms with E-state index < -0.39 is 11.4 Å². The molecule has 4 heteroatoms. The second-order valence-corrected chi connectivity index (χ2v) is 7.13. The maximum atomic E-state index is 11.0. The molecule has 0 aromatic rings. The van der Waals surface area contributed by atoms with Crippen LogP contribution in [0.25, 0.3) is 0 Å². The van der Waals surface area contributed by atoms with Gasteiger partial charge in [-0.05, 0) is 72.1 Å². The Hall–Kier alpha value is -0.610. The molecule has 4 nitrogen and oxygen atoms in total. The molecule has 2 rings (SSSR count). The number of unbranched alkanes of at least 4 members (excludes halogenated alkanes) is 1. The lowest BCUT2D eigenvalue weighted by atomic mass is 9.87. The number of hydrogen-bond acceptors (Lipinski definition) is 3. The predicted octanol–water partition coefficient (Wildman–Crippen LogP) is 2.44. The van der Waals surface area contributed by atoms with Gasteiger partial charge >= 0.3 is 5.97 Å². The fourth-order valence-corrected chi connectivity index (χ4v) is 3.43. The molecule has 0 bridgehead atoms.